The summed E-state index contributed by atoms with van der Waals surface area (Å²) in [5.74, 6) is 0.273. The molecule has 0 spiro atoms. The summed E-state index contributed by atoms with van der Waals surface area (Å²) in [5, 5.41) is 0.354. The van der Waals surface area contributed by atoms with Gasteiger partial charge in [-0.3, -0.25) is 9.69 Å². The fourth-order valence-corrected chi connectivity index (χ4v) is 4.22. The van der Waals surface area contributed by atoms with Crippen LogP contribution < -0.4 is 9.47 Å². The minimum absolute atomic E-state index is 0.00830. The molecule has 10 heteroatoms. The van der Waals surface area contributed by atoms with E-state index < -0.39 is 18.1 Å². The predicted octanol–water partition coefficient (Wildman–Crippen LogP) is 2.75. The van der Waals surface area contributed by atoms with Gasteiger partial charge in [0.1, 0.15) is 6.61 Å². The number of esters is 1. The summed E-state index contributed by atoms with van der Waals surface area (Å²) in [7, 11) is 3.02. The monoisotopic (exact) mass is 466 g/mol. The number of hydrogen-bond acceptors (Lipinski definition) is 7. The van der Waals surface area contributed by atoms with Crippen LogP contribution in [-0.2, 0) is 19.1 Å². The molecule has 3 rings (SSSR count). The number of ether oxygens (including phenoxy) is 4. The molecule has 9 nitrogen and oxygen atoms in total. The minimum Gasteiger partial charge on any atom is -0.493 e. The predicted molar refractivity (Wildman–Crippen MR) is 117 cm³/mol. The zero-order valence-corrected chi connectivity index (χ0v) is 19.1. The molecule has 0 saturated carbocycles. The van der Waals surface area contributed by atoms with Crippen LogP contribution in [0.2, 0.25) is 5.02 Å². The van der Waals surface area contributed by atoms with E-state index in [2.05, 4.69) is 0 Å². The van der Waals surface area contributed by atoms with Gasteiger partial charge < -0.3 is 23.8 Å². The van der Waals surface area contributed by atoms with Crippen LogP contribution in [0.4, 0.5) is 4.79 Å². The SMILES string of the molecule is CCOC(=O)C1COC(=O)N1C1CCN(C(=O)C=Cc2ccc(OC)c(OC)c2Cl)CC1. The van der Waals surface area contributed by atoms with E-state index in [4.69, 9.17) is 30.5 Å². The molecule has 2 heterocycles. The lowest BCUT2D eigenvalue weighted by atomic mass is 10.0. The van der Waals surface area contributed by atoms with Gasteiger partial charge in [0.25, 0.3) is 0 Å². The second kappa shape index (κ2) is 10.6. The average Bonchev–Trinajstić information content (AvgIpc) is 3.19. The van der Waals surface area contributed by atoms with Crippen molar-refractivity contribution in [1.29, 1.82) is 0 Å². The summed E-state index contributed by atoms with van der Waals surface area (Å²) in [6, 6.07) is 2.54. The third-order valence-electron chi connectivity index (χ3n) is 5.56. The van der Waals surface area contributed by atoms with Gasteiger partial charge in [-0.2, -0.15) is 0 Å². The van der Waals surface area contributed by atoms with Crippen LogP contribution in [0.3, 0.4) is 0 Å². The molecule has 1 unspecified atom stereocenters. The number of benzene rings is 1. The summed E-state index contributed by atoms with van der Waals surface area (Å²) in [5.41, 5.74) is 0.629. The van der Waals surface area contributed by atoms with Crippen molar-refractivity contribution in [3.8, 4) is 11.5 Å². The molecule has 2 fully saturated rings. The fourth-order valence-electron chi connectivity index (χ4n) is 3.92. The number of nitrogens with zero attached hydrogens (tertiary/aromatic N) is 2. The molecule has 0 aliphatic carbocycles. The summed E-state index contributed by atoms with van der Waals surface area (Å²) in [4.78, 5) is 40.1. The minimum atomic E-state index is -0.734. The van der Waals surface area contributed by atoms with Gasteiger partial charge in [-0.1, -0.05) is 11.6 Å². The van der Waals surface area contributed by atoms with E-state index in [0.717, 1.165) is 0 Å². The Morgan fingerprint density at radius 3 is 2.56 bits per heavy atom. The second-order valence-corrected chi connectivity index (χ2v) is 7.72. The number of halogens is 1. The van der Waals surface area contributed by atoms with E-state index in [9.17, 15) is 14.4 Å². The molecular weight excluding hydrogens is 440 g/mol. The Hall–Kier alpha value is -2.94. The fraction of sp³-hybridized carbons (Fsp3) is 0.500. The zero-order valence-electron chi connectivity index (χ0n) is 18.3. The number of hydrogen-bond donors (Lipinski definition) is 0. The molecule has 2 aliphatic heterocycles. The number of piperidine rings is 1. The van der Waals surface area contributed by atoms with Gasteiger partial charge >= 0.3 is 12.1 Å². The lowest BCUT2D eigenvalue weighted by Crippen LogP contribution is -2.51. The average molecular weight is 467 g/mol. The molecule has 2 aliphatic rings. The van der Waals surface area contributed by atoms with E-state index in [-0.39, 0.29) is 25.2 Å². The number of rotatable bonds is 7. The first-order chi connectivity index (χ1) is 15.4. The maximum absolute atomic E-state index is 12.7. The molecule has 0 aromatic heterocycles. The summed E-state index contributed by atoms with van der Waals surface area (Å²) in [6.45, 7) is 2.85. The zero-order chi connectivity index (χ0) is 23.3. The lowest BCUT2D eigenvalue weighted by molar-refractivity contribution is -0.148. The van der Waals surface area contributed by atoms with Crippen molar-refractivity contribution >= 4 is 35.6 Å². The van der Waals surface area contributed by atoms with Gasteiger partial charge in [0.05, 0.1) is 25.8 Å². The highest BCUT2D eigenvalue weighted by atomic mass is 35.5. The van der Waals surface area contributed by atoms with E-state index in [0.29, 0.717) is 48.0 Å². The van der Waals surface area contributed by atoms with Crippen molar-refractivity contribution in [3.05, 3.63) is 28.8 Å². The quantitative estimate of drug-likeness (QED) is 0.450. The molecule has 32 heavy (non-hydrogen) atoms. The van der Waals surface area contributed by atoms with E-state index in [1.165, 1.54) is 25.2 Å². The van der Waals surface area contributed by atoms with Gasteiger partial charge in [0, 0.05) is 25.2 Å². The standard InChI is InChI=1S/C22H27ClN2O7/c1-4-31-21(27)16-13-32-22(28)25(16)15-9-11-24(12-10-15)18(26)8-6-14-5-7-17(29-2)20(30-3)19(14)23/h5-8,15-16H,4,9-13H2,1-3H3. The maximum atomic E-state index is 12.7. The third-order valence-corrected chi connectivity index (χ3v) is 5.95. The van der Waals surface area contributed by atoms with E-state index in [1.54, 1.807) is 30.0 Å². The summed E-state index contributed by atoms with van der Waals surface area (Å²) >= 11 is 6.36. The molecule has 0 radical (unpaired) electrons. The first kappa shape index (κ1) is 23.7. The first-order valence-electron chi connectivity index (χ1n) is 10.4. The molecule has 1 atom stereocenters. The van der Waals surface area contributed by atoms with Crippen LogP contribution in [0, 0.1) is 0 Å². The summed E-state index contributed by atoms with van der Waals surface area (Å²) < 4.78 is 20.6. The van der Waals surface area contributed by atoms with Gasteiger partial charge in [-0.25, -0.2) is 9.59 Å². The Morgan fingerprint density at radius 1 is 1.22 bits per heavy atom. The van der Waals surface area contributed by atoms with E-state index >= 15 is 0 Å². The van der Waals surface area contributed by atoms with Crippen LogP contribution in [0.1, 0.15) is 25.3 Å². The third kappa shape index (κ3) is 4.93. The van der Waals surface area contributed by atoms with Crippen LogP contribution in [-0.4, -0.2) is 80.4 Å². The summed E-state index contributed by atoms with van der Waals surface area (Å²) in [6.07, 6.45) is 3.66. The highest BCUT2D eigenvalue weighted by Gasteiger charge is 2.44. The van der Waals surface area contributed by atoms with Crippen molar-refractivity contribution in [3.63, 3.8) is 0 Å². The largest absolute Gasteiger partial charge is 0.493 e. The smallest absolute Gasteiger partial charge is 0.410 e. The molecule has 0 N–H and O–H groups in total. The maximum Gasteiger partial charge on any atom is 0.410 e. The van der Waals surface area contributed by atoms with Gasteiger partial charge in [0.15, 0.2) is 17.5 Å². The highest BCUT2D eigenvalue weighted by molar-refractivity contribution is 6.33. The van der Waals surface area contributed by atoms with Crippen molar-refractivity contribution in [2.24, 2.45) is 0 Å². The first-order valence-corrected chi connectivity index (χ1v) is 10.8. The Bertz CT molecular complexity index is 897. The topological polar surface area (TPSA) is 94.6 Å². The number of likely N-dealkylation sites (tertiary alicyclic amines) is 1. The Balaban J connectivity index is 1.61. The molecule has 2 amide bonds. The van der Waals surface area contributed by atoms with Crippen LogP contribution >= 0.6 is 11.6 Å². The highest BCUT2D eigenvalue weighted by Crippen LogP contribution is 2.37. The number of carbonyl (C=O) groups is 3. The van der Waals surface area contributed by atoms with Crippen LogP contribution in [0.15, 0.2) is 18.2 Å². The Kier molecular flexibility index (Phi) is 7.84. The van der Waals surface area contributed by atoms with Crippen LogP contribution in [0.25, 0.3) is 6.08 Å². The van der Waals surface area contributed by atoms with Crippen molar-refractivity contribution in [2.45, 2.75) is 31.8 Å². The molecule has 2 saturated heterocycles. The van der Waals surface area contributed by atoms with E-state index in [1.807, 2.05) is 0 Å². The Labute approximate surface area is 191 Å². The molecular formula is C22H27ClN2O7. The van der Waals surface area contributed by atoms with Crippen molar-refractivity contribution in [2.75, 3.05) is 40.5 Å². The number of cyclic esters (lactones) is 1. The number of carbonyl (C=O) groups excluding carboxylic acids is 3. The van der Waals surface area contributed by atoms with Crippen molar-refractivity contribution in [1.82, 2.24) is 9.80 Å². The normalized spacial score (nSPS) is 19.2. The molecule has 0 bridgehead atoms. The number of amides is 2. The lowest BCUT2D eigenvalue weighted by Gasteiger charge is -2.36. The van der Waals surface area contributed by atoms with Crippen molar-refractivity contribution < 1.29 is 33.3 Å². The molecule has 1 aromatic rings. The molecule has 1 aromatic carbocycles. The number of methoxy groups -OCH3 is 2. The van der Waals surface area contributed by atoms with Gasteiger partial charge in [0.2, 0.25) is 5.91 Å². The Morgan fingerprint density at radius 2 is 1.94 bits per heavy atom. The second-order valence-electron chi connectivity index (χ2n) is 7.35. The van der Waals surface area contributed by atoms with Gasteiger partial charge in [-0.15, -0.1) is 0 Å². The molecule has 174 valence electrons. The van der Waals surface area contributed by atoms with Crippen LogP contribution in [0.5, 0.6) is 11.5 Å². The van der Waals surface area contributed by atoms with Gasteiger partial charge in [-0.05, 0) is 43.5 Å².